The van der Waals surface area contributed by atoms with Crippen LogP contribution in [0, 0.1) is 6.92 Å². The van der Waals surface area contributed by atoms with Gasteiger partial charge in [-0.05, 0) is 77.2 Å². The number of anilines is 3. The van der Waals surface area contributed by atoms with Crippen LogP contribution in [0.4, 0.5) is 17.1 Å². The van der Waals surface area contributed by atoms with Gasteiger partial charge >= 0.3 is 0 Å². The summed E-state index contributed by atoms with van der Waals surface area (Å²) >= 11 is 0. The van der Waals surface area contributed by atoms with E-state index in [0.717, 1.165) is 22.6 Å². The van der Waals surface area contributed by atoms with Crippen molar-refractivity contribution in [3.63, 3.8) is 0 Å². The van der Waals surface area contributed by atoms with Crippen molar-refractivity contribution in [3.8, 4) is 22.3 Å². The zero-order chi connectivity index (χ0) is 24.0. The van der Waals surface area contributed by atoms with Crippen LogP contribution in [0.3, 0.4) is 0 Å². The minimum absolute atomic E-state index is 1.10. The first kappa shape index (κ1) is 22.4. The Bertz CT molecular complexity index is 1380. The first-order chi connectivity index (χ1) is 17.2. The minimum atomic E-state index is 1.10. The van der Waals surface area contributed by atoms with Crippen LogP contribution in [-0.2, 0) is 0 Å². The number of benzene rings is 5. The summed E-state index contributed by atoms with van der Waals surface area (Å²) in [7, 11) is 1.80. The molecular weight excluding hydrogens is 424 g/mol. The highest BCUT2D eigenvalue weighted by Gasteiger charge is 2.15. The highest BCUT2D eigenvalue weighted by Crippen LogP contribution is 2.39. The van der Waals surface area contributed by atoms with Gasteiger partial charge in [0.2, 0.25) is 0 Å². The van der Waals surface area contributed by atoms with E-state index in [0.29, 0.717) is 0 Å². The Kier molecular flexibility index (Phi) is 6.54. The van der Waals surface area contributed by atoms with E-state index in [9.17, 15) is 0 Å². The molecule has 2 nitrogen and oxygen atoms in total. The summed E-state index contributed by atoms with van der Waals surface area (Å²) in [4.78, 5) is 6.46. The van der Waals surface area contributed by atoms with Gasteiger partial charge in [0.25, 0.3) is 0 Å². The number of nitrogens with zero attached hydrogens (tertiary/aromatic N) is 2. The maximum absolute atomic E-state index is 4.14. The lowest BCUT2D eigenvalue weighted by atomic mass is 9.96. The van der Waals surface area contributed by atoms with Gasteiger partial charge in [-0.1, -0.05) is 90.5 Å². The van der Waals surface area contributed by atoms with E-state index in [1.807, 2.05) is 6.21 Å². The summed E-state index contributed by atoms with van der Waals surface area (Å²) in [5.41, 5.74) is 10.5. The summed E-state index contributed by atoms with van der Waals surface area (Å²) in [6.45, 7) is 2.12. The third kappa shape index (κ3) is 5.07. The maximum atomic E-state index is 4.14. The standard InChI is InChI=1S/C33H28N2/c1-25-13-17-27(18-14-25)29-21-30(28-19-15-26(16-20-28)24-34-2)23-33(22-29)35(31-9-5-3-6-10-31)32-11-7-4-8-12-32/h3-24H,1-2H3. The van der Waals surface area contributed by atoms with Crippen LogP contribution in [0.2, 0.25) is 0 Å². The van der Waals surface area contributed by atoms with Crippen molar-refractivity contribution < 1.29 is 0 Å². The second-order valence-electron chi connectivity index (χ2n) is 8.65. The molecule has 0 spiro atoms. The molecule has 2 heteroatoms. The SMILES string of the molecule is CN=Cc1ccc(-c2cc(-c3ccc(C)cc3)cc(N(c3ccccc3)c3ccccc3)c2)cc1. The lowest BCUT2D eigenvalue weighted by Crippen LogP contribution is -2.10. The van der Waals surface area contributed by atoms with Gasteiger partial charge in [-0.3, -0.25) is 4.99 Å². The Balaban J connectivity index is 1.71. The largest absolute Gasteiger partial charge is 0.310 e. The first-order valence-electron chi connectivity index (χ1n) is 11.9. The fraction of sp³-hybridized carbons (Fsp3) is 0.0606. The van der Waals surface area contributed by atoms with Crippen molar-refractivity contribution in [3.05, 3.63) is 139 Å². The number of para-hydroxylation sites is 2. The van der Waals surface area contributed by atoms with Crippen LogP contribution in [-0.4, -0.2) is 13.3 Å². The molecular formula is C33H28N2. The second kappa shape index (κ2) is 10.2. The highest BCUT2D eigenvalue weighted by molar-refractivity contribution is 5.86. The molecule has 0 aliphatic heterocycles. The van der Waals surface area contributed by atoms with Gasteiger partial charge in [-0.15, -0.1) is 0 Å². The van der Waals surface area contributed by atoms with Crippen LogP contribution in [0.5, 0.6) is 0 Å². The molecule has 0 saturated heterocycles. The Labute approximate surface area is 207 Å². The number of hydrogen-bond acceptors (Lipinski definition) is 2. The van der Waals surface area contributed by atoms with E-state index in [1.54, 1.807) is 7.05 Å². The summed E-state index contributed by atoms with van der Waals surface area (Å²) in [6, 6.07) is 45.3. The topological polar surface area (TPSA) is 15.6 Å². The fourth-order valence-corrected chi connectivity index (χ4v) is 4.33. The van der Waals surface area contributed by atoms with Gasteiger partial charge < -0.3 is 4.90 Å². The summed E-state index contributed by atoms with van der Waals surface area (Å²) < 4.78 is 0. The van der Waals surface area contributed by atoms with Gasteiger partial charge in [0.15, 0.2) is 0 Å². The Morgan fingerprint density at radius 3 is 1.49 bits per heavy atom. The molecule has 0 aromatic heterocycles. The van der Waals surface area contributed by atoms with Crippen molar-refractivity contribution in [1.82, 2.24) is 0 Å². The van der Waals surface area contributed by atoms with E-state index in [-0.39, 0.29) is 0 Å². The van der Waals surface area contributed by atoms with Crippen LogP contribution in [0.25, 0.3) is 22.3 Å². The van der Waals surface area contributed by atoms with Gasteiger partial charge in [0.05, 0.1) is 0 Å². The molecule has 0 aliphatic rings. The molecule has 0 unspecified atom stereocenters. The monoisotopic (exact) mass is 452 g/mol. The quantitative estimate of drug-likeness (QED) is 0.235. The Morgan fingerprint density at radius 1 is 0.514 bits per heavy atom. The molecule has 0 aliphatic carbocycles. The molecule has 5 rings (SSSR count). The molecule has 0 N–H and O–H groups in total. The van der Waals surface area contributed by atoms with E-state index in [1.165, 1.54) is 27.8 Å². The molecule has 5 aromatic carbocycles. The third-order valence-electron chi connectivity index (χ3n) is 6.11. The van der Waals surface area contributed by atoms with E-state index in [2.05, 4.69) is 144 Å². The van der Waals surface area contributed by atoms with Crippen LogP contribution < -0.4 is 4.90 Å². The number of aliphatic imine (C=N–C) groups is 1. The van der Waals surface area contributed by atoms with Crippen molar-refractivity contribution >= 4 is 23.3 Å². The molecule has 0 bridgehead atoms. The third-order valence-corrected chi connectivity index (χ3v) is 6.11. The van der Waals surface area contributed by atoms with E-state index >= 15 is 0 Å². The molecule has 0 amide bonds. The van der Waals surface area contributed by atoms with Crippen molar-refractivity contribution in [2.24, 2.45) is 4.99 Å². The average Bonchev–Trinajstić information content (AvgIpc) is 2.91. The lowest BCUT2D eigenvalue weighted by molar-refractivity contribution is 1.28. The molecule has 0 saturated carbocycles. The first-order valence-corrected chi connectivity index (χ1v) is 11.9. The predicted molar refractivity (Wildman–Crippen MR) is 150 cm³/mol. The van der Waals surface area contributed by atoms with Gasteiger partial charge in [-0.25, -0.2) is 0 Å². The van der Waals surface area contributed by atoms with Crippen molar-refractivity contribution in [1.29, 1.82) is 0 Å². The molecule has 0 radical (unpaired) electrons. The highest BCUT2D eigenvalue weighted by atomic mass is 15.1. The maximum Gasteiger partial charge on any atom is 0.0473 e. The number of hydrogen-bond donors (Lipinski definition) is 0. The molecule has 5 aromatic rings. The van der Waals surface area contributed by atoms with Gasteiger partial charge in [0, 0.05) is 30.3 Å². The number of aryl methyl sites for hydroxylation is 1. The predicted octanol–water partition coefficient (Wildman–Crippen LogP) is 8.85. The Morgan fingerprint density at radius 2 is 1.00 bits per heavy atom. The van der Waals surface area contributed by atoms with Crippen molar-refractivity contribution in [2.75, 3.05) is 11.9 Å². The normalized spacial score (nSPS) is 11.0. The fourth-order valence-electron chi connectivity index (χ4n) is 4.33. The molecule has 0 atom stereocenters. The van der Waals surface area contributed by atoms with E-state index < -0.39 is 0 Å². The minimum Gasteiger partial charge on any atom is -0.310 e. The van der Waals surface area contributed by atoms with Crippen LogP contribution in [0.15, 0.2) is 132 Å². The number of rotatable bonds is 6. The summed E-state index contributed by atoms with van der Waals surface area (Å²) in [5, 5.41) is 0. The Hall–Kier alpha value is -4.43. The summed E-state index contributed by atoms with van der Waals surface area (Å²) in [5.74, 6) is 0. The van der Waals surface area contributed by atoms with Crippen LogP contribution in [0.1, 0.15) is 11.1 Å². The molecule has 170 valence electrons. The van der Waals surface area contributed by atoms with Crippen LogP contribution >= 0.6 is 0 Å². The zero-order valence-electron chi connectivity index (χ0n) is 20.1. The smallest absolute Gasteiger partial charge is 0.0473 e. The molecule has 0 heterocycles. The lowest BCUT2D eigenvalue weighted by Gasteiger charge is -2.26. The zero-order valence-corrected chi connectivity index (χ0v) is 20.1. The second-order valence-corrected chi connectivity index (χ2v) is 8.65. The molecule has 0 fully saturated rings. The average molecular weight is 453 g/mol. The van der Waals surface area contributed by atoms with Gasteiger partial charge in [0.1, 0.15) is 0 Å². The van der Waals surface area contributed by atoms with E-state index in [4.69, 9.17) is 0 Å². The molecule has 35 heavy (non-hydrogen) atoms. The van der Waals surface area contributed by atoms with Crippen molar-refractivity contribution in [2.45, 2.75) is 6.92 Å². The van der Waals surface area contributed by atoms with Gasteiger partial charge in [-0.2, -0.15) is 0 Å². The summed E-state index contributed by atoms with van der Waals surface area (Å²) in [6.07, 6.45) is 1.88.